The van der Waals surface area contributed by atoms with Crippen LogP contribution < -0.4 is 5.56 Å². The van der Waals surface area contributed by atoms with Gasteiger partial charge in [0.05, 0.1) is 5.39 Å². The van der Waals surface area contributed by atoms with Gasteiger partial charge in [-0.2, -0.15) is 0 Å². The molecule has 0 unspecified atom stereocenters. The number of hydrogen-bond acceptors (Lipinski definition) is 4. The quantitative estimate of drug-likeness (QED) is 0.742. The standard InChI is InChI=1S/C18H16N2O2S/c1-10-11(2)23-17-15(10)18(22)20-8-7-13(16(20)19-17)9-12-3-5-14(21)6-4-12/h3-6,9,21H,7-8H2,1-2H3/b13-9+. The second kappa shape index (κ2) is 5.06. The molecular weight excluding hydrogens is 308 g/mol. The van der Waals surface area contributed by atoms with E-state index >= 15 is 0 Å². The van der Waals surface area contributed by atoms with Crippen LogP contribution in [0.3, 0.4) is 0 Å². The molecule has 1 aliphatic rings. The summed E-state index contributed by atoms with van der Waals surface area (Å²) in [5, 5.41) is 10.1. The molecule has 0 bridgehead atoms. The Balaban J connectivity index is 1.90. The summed E-state index contributed by atoms with van der Waals surface area (Å²) in [6.07, 6.45) is 2.85. The summed E-state index contributed by atoms with van der Waals surface area (Å²) < 4.78 is 1.79. The van der Waals surface area contributed by atoms with Crippen LogP contribution in [0.4, 0.5) is 0 Å². The van der Waals surface area contributed by atoms with Crippen molar-refractivity contribution in [2.45, 2.75) is 26.8 Å². The Labute approximate surface area is 137 Å². The van der Waals surface area contributed by atoms with Crippen molar-refractivity contribution >= 4 is 33.2 Å². The van der Waals surface area contributed by atoms with Gasteiger partial charge in [0.2, 0.25) is 0 Å². The van der Waals surface area contributed by atoms with Crippen LogP contribution in [0.1, 0.15) is 28.2 Å². The second-order valence-electron chi connectivity index (χ2n) is 5.87. The number of aromatic hydroxyl groups is 1. The number of benzene rings is 1. The van der Waals surface area contributed by atoms with E-state index < -0.39 is 0 Å². The number of nitrogens with zero attached hydrogens (tertiary/aromatic N) is 2. The van der Waals surface area contributed by atoms with Crippen LogP contribution in [-0.4, -0.2) is 14.7 Å². The van der Waals surface area contributed by atoms with Crippen LogP contribution >= 0.6 is 11.3 Å². The first-order chi connectivity index (χ1) is 11.0. The highest BCUT2D eigenvalue weighted by Gasteiger charge is 2.23. The highest BCUT2D eigenvalue weighted by molar-refractivity contribution is 7.18. The molecule has 4 rings (SSSR count). The van der Waals surface area contributed by atoms with Crippen molar-refractivity contribution in [3.8, 4) is 5.75 Å². The van der Waals surface area contributed by atoms with Crippen LogP contribution in [-0.2, 0) is 6.54 Å². The Kier molecular flexibility index (Phi) is 3.13. The van der Waals surface area contributed by atoms with Crippen LogP contribution in [0.15, 0.2) is 29.1 Å². The van der Waals surface area contributed by atoms with Crippen molar-refractivity contribution in [3.63, 3.8) is 0 Å². The van der Waals surface area contributed by atoms with Gasteiger partial charge in [0.25, 0.3) is 5.56 Å². The van der Waals surface area contributed by atoms with Crippen molar-refractivity contribution in [3.05, 3.63) is 56.4 Å². The van der Waals surface area contributed by atoms with Crippen LogP contribution in [0.5, 0.6) is 5.75 Å². The first kappa shape index (κ1) is 14.2. The number of rotatable bonds is 1. The molecule has 116 valence electrons. The predicted molar refractivity (Wildman–Crippen MR) is 93.9 cm³/mol. The summed E-state index contributed by atoms with van der Waals surface area (Å²) in [6.45, 7) is 4.70. The molecule has 1 aliphatic heterocycles. The molecule has 0 atom stereocenters. The molecule has 1 aromatic carbocycles. The van der Waals surface area contributed by atoms with Gasteiger partial charge in [0.15, 0.2) is 0 Å². The summed E-state index contributed by atoms with van der Waals surface area (Å²) in [5.74, 6) is 1.02. The van der Waals surface area contributed by atoms with Crippen molar-refractivity contribution in [1.29, 1.82) is 0 Å². The van der Waals surface area contributed by atoms with E-state index in [4.69, 9.17) is 4.98 Å². The number of allylic oxidation sites excluding steroid dienone is 1. The predicted octanol–water partition coefficient (Wildman–Crippen LogP) is 3.72. The van der Waals surface area contributed by atoms with Crippen molar-refractivity contribution in [2.75, 3.05) is 0 Å². The van der Waals surface area contributed by atoms with E-state index in [1.54, 1.807) is 28.0 Å². The average Bonchev–Trinajstić information content (AvgIpc) is 3.05. The Morgan fingerprint density at radius 1 is 1.26 bits per heavy atom. The van der Waals surface area contributed by atoms with Gasteiger partial charge in [0, 0.05) is 11.4 Å². The van der Waals surface area contributed by atoms with Crippen molar-refractivity contribution in [1.82, 2.24) is 9.55 Å². The molecule has 0 amide bonds. The number of thiophene rings is 1. The van der Waals surface area contributed by atoms with Crippen LogP contribution in [0.25, 0.3) is 21.9 Å². The zero-order valence-corrected chi connectivity index (χ0v) is 13.8. The van der Waals surface area contributed by atoms with E-state index in [-0.39, 0.29) is 11.3 Å². The second-order valence-corrected chi connectivity index (χ2v) is 7.07. The smallest absolute Gasteiger partial charge is 0.262 e. The SMILES string of the molecule is Cc1sc2nc3n(c(=O)c2c1C)CC/C3=C\c1ccc(O)cc1. The molecule has 3 aromatic rings. The number of aromatic nitrogens is 2. The largest absolute Gasteiger partial charge is 0.508 e. The molecule has 0 fully saturated rings. The molecule has 1 N–H and O–H groups in total. The molecule has 0 spiro atoms. The zero-order chi connectivity index (χ0) is 16.1. The Morgan fingerprint density at radius 2 is 2.00 bits per heavy atom. The lowest BCUT2D eigenvalue weighted by molar-refractivity contribution is 0.475. The Hall–Kier alpha value is -2.40. The highest BCUT2D eigenvalue weighted by Crippen LogP contribution is 2.32. The lowest BCUT2D eigenvalue weighted by Gasteiger charge is -2.03. The molecule has 2 aromatic heterocycles. The molecular formula is C18H16N2O2S. The molecule has 0 radical (unpaired) electrons. The zero-order valence-electron chi connectivity index (χ0n) is 13.0. The minimum Gasteiger partial charge on any atom is -0.508 e. The fraction of sp³-hybridized carbons (Fsp3) is 0.222. The van der Waals surface area contributed by atoms with E-state index in [9.17, 15) is 9.90 Å². The topological polar surface area (TPSA) is 55.1 Å². The third-order valence-corrected chi connectivity index (χ3v) is 5.52. The normalized spacial score (nSPS) is 15.5. The minimum atomic E-state index is 0.0703. The minimum absolute atomic E-state index is 0.0703. The first-order valence-corrected chi connectivity index (χ1v) is 8.37. The third-order valence-electron chi connectivity index (χ3n) is 4.41. The number of aryl methyl sites for hydroxylation is 2. The summed E-state index contributed by atoms with van der Waals surface area (Å²) in [4.78, 5) is 19.5. The van der Waals surface area contributed by atoms with Gasteiger partial charge in [-0.05, 0) is 55.2 Å². The van der Waals surface area contributed by atoms with Gasteiger partial charge in [-0.3, -0.25) is 9.36 Å². The molecule has 0 saturated carbocycles. The lowest BCUT2D eigenvalue weighted by atomic mass is 10.1. The van der Waals surface area contributed by atoms with Gasteiger partial charge >= 0.3 is 0 Å². The maximum Gasteiger partial charge on any atom is 0.262 e. The van der Waals surface area contributed by atoms with E-state index in [0.717, 1.165) is 44.0 Å². The fourth-order valence-corrected chi connectivity index (χ4v) is 4.05. The summed E-state index contributed by atoms with van der Waals surface area (Å²) in [5.41, 5.74) is 3.19. The first-order valence-electron chi connectivity index (χ1n) is 7.55. The molecule has 5 heteroatoms. The van der Waals surface area contributed by atoms with E-state index in [1.165, 1.54) is 0 Å². The Bertz CT molecular complexity index is 1010. The molecule has 0 aliphatic carbocycles. The molecule has 3 heterocycles. The van der Waals surface area contributed by atoms with Gasteiger partial charge in [-0.1, -0.05) is 12.1 Å². The number of hydrogen-bond donors (Lipinski definition) is 1. The van der Waals surface area contributed by atoms with Crippen molar-refractivity contribution < 1.29 is 5.11 Å². The average molecular weight is 324 g/mol. The lowest BCUT2D eigenvalue weighted by Crippen LogP contribution is -2.20. The number of fused-ring (bicyclic) bond motifs is 2. The van der Waals surface area contributed by atoms with Crippen LogP contribution in [0, 0.1) is 13.8 Å². The van der Waals surface area contributed by atoms with Gasteiger partial charge in [-0.15, -0.1) is 11.3 Å². The van der Waals surface area contributed by atoms with E-state index in [2.05, 4.69) is 0 Å². The maximum absolute atomic E-state index is 12.8. The summed E-state index contributed by atoms with van der Waals surface area (Å²) in [7, 11) is 0. The summed E-state index contributed by atoms with van der Waals surface area (Å²) >= 11 is 1.58. The molecule has 23 heavy (non-hydrogen) atoms. The molecule has 4 nitrogen and oxygen atoms in total. The van der Waals surface area contributed by atoms with Gasteiger partial charge in [0.1, 0.15) is 16.4 Å². The van der Waals surface area contributed by atoms with Crippen LogP contribution in [0.2, 0.25) is 0 Å². The number of phenolic OH excluding ortho intramolecular Hbond substituents is 1. The van der Waals surface area contributed by atoms with Gasteiger partial charge in [-0.25, -0.2) is 4.98 Å². The number of phenols is 1. The van der Waals surface area contributed by atoms with E-state index in [1.807, 2.05) is 32.1 Å². The summed E-state index contributed by atoms with van der Waals surface area (Å²) in [6, 6.07) is 7.05. The van der Waals surface area contributed by atoms with E-state index in [0.29, 0.717) is 6.54 Å². The Morgan fingerprint density at radius 3 is 2.74 bits per heavy atom. The fourth-order valence-electron chi connectivity index (χ4n) is 3.03. The third kappa shape index (κ3) is 2.19. The highest BCUT2D eigenvalue weighted by atomic mass is 32.1. The van der Waals surface area contributed by atoms with Crippen molar-refractivity contribution in [2.24, 2.45) is 0 Å². The molecule has 0 saturated heterocycles. The monoisotopic (exact) mass is 324 g/mol. The maximum atomic E-state index is 12.8. The van der Waals surface area contributed by atoms with Gasteiger partial charge < -0.3 is 5.11 Å².